The number of nitro benzene ring substituents is 1. The zero-order valence-corrected chi connectivity index (χ0v) is 11.9. The maximum atomic E-state index is 12.1. The minimum absolute atomic E-state index is 0.0881. The molecule has 2 N–H and O–H groups in total. The number of nitro groups is 1. The Kier molecular flexibility index (Phi) is 3.50. The lowest BCUT2D eigenvalue weighted by atomic mass is 10.0. The van der Waals surface area contributed by atoms with Crippen LogP contribution in [0.5, 0.6) is 0 Å². The Morgan fingerprint density at radius 3 is 2.50 bits per heavy atom. The zero-order chi connectivity index (χ0) is 15.7. The summed E-state index contributed by atoms with van der Waals surface area (Å²) < 4.78 is 31.6. The number of nitrogens with one attached hydrogen (secondary N) is 2. The van der Waals surface area contributed by atoms with Gasteiger partial charge in [0.1, 0.15) is 0 Å². The summed E-state index contributed by atoms with van der Waals surface area (Å²) in [5.41, 5.74) is -0.198. The maximum absolute atomic E-state index is 12.1. The van der Waals surface area contributed by atoms with Crippen molar-refractivity contribution in [1.82, 2.24) is 15.5 Å². The van der Waals surface area contributed by atoms with Crippen LogP contribution >= 0.6 is 0 Å². The van der Waals surface area contributed by atoms with Gasteiger partial charge in [0.05, 0.1) is 15.7 Å². The van der Waals surface area contributed by atoms with Gasteiger partial charge in [0, 0.05) is 25.2 Å². The number of aromatic nitrogens is 2. The molecule has 1 fully saturated rings. The van der Waals surface area contributed by atoms with Gasteiger partial charge in [-0.05, 0) is 12.1 Å². The molecule has 11 heteroatoms. The van der Waals surface area contributed by atoms with E-state index < -0.39 is 14.9 Å². The topological polar surface area (TPSA) is 140 Å². The van der Waals surface area contributed by atoms with Gasteiger partial charge >= 0.3 is 6.01 Å². The third-order valence-corrected chi connectivity index (χ3v) is 4.49. The largest absolute Gasteiger partial charge is 0.407 e. The highest BCUT2D eigenvalue weighted by Crippen LogP contribution is 2.22. The van der Waals surface area contributed by atoms with E-state index in [1.165, 1.54) is 0 Å². The summed E-state index contributed by atoms with van der Waals surface area (Å²) in [6.07, 6.45) is 0. The monoisotopic (exact) mass is 325 g/mol. The normalized spacial score (nSPS) is 15.3. The minimum Gasteiger partial charge on any atom is -0.407 e. The number of benzene rings is 1. The number of non-ortho nitro benzene ring substituents is 1. The lowest BCUT2D eigenvalue weighted by Gasteiger charge is -2.22. The summed E-state index contributed by atoms with van der Waals surface area (Å²) in [5.74, 6) is 0.449. The van der Waals surface area contributed by atoms with Gasteiger partial charge in [-0.15, -0.1) is 5.10 Å². The van der Waals surface area contributed by atoms with Gasteiger partial charge in [-0.3, -0.25) is 10.1 Å². The highest BCUT2D eigenvalue weighted by atomic mass is 32.2. The molecule has 116 valence electrons. The Morgan fingerprint density at radius 2 is 1.95 bits per heavy atom. The smallest absolute Gasteiger partial charge is 0.329 e. The summed E-state index contributed by atoms with van der Waals surface area (Å²) in [5, 5.41) is 21.0. The zero-order valence-electron chi connectivity index (χ0n) is 11.1. The van der Waals surface area contributed by atoms with E-state index in [0.29, 0.717) is 19.0 Å². The number of nitrogens with zero attached hydrogens (tertiary/aromatic N) is 3. The summed E-state index contributed by atoms with van der Waals surface area (Å²) in [4.78, 5) is 9.81. The predicted octanol–water partition coefficient (Wildman–Crippen LogP) is 0.465. The number of sulfonamides is 1. The Hall–Kier alpha value is -2.53. The molecule has 0 aliphatic carbocycles. The first-order chi connectivity index (χ1) is 10.5. The van der Waals surface area contributed by atoms with Gasteiger partial charge in [0.25, 0.3) is 15.7 Å². The number of hydrogen-bond acceptors (Lipinski definition) is 8. The van der Waals surface area contributed by atoms with E-state index in [0.717, 1.165) is 24.3 Å². The average molecular weight is 325 g/mol. The third kappa shape index (κ3) is 2.76. The quantitative estimate of drug-likeness (QED) is 0.597. The number of anilines is 1. The summed E-state index contributed by atoms with van der Waals surface area (Å²) >= 11 is 0. The van der Waals surface area contributed by atoms with Crippen LogP contribution in [0.3, 0.4) is 0 Å². The second kappa shape index (κ2) is 5.35. The molecule has 0 bridgehead atoms. The Labute approximate surface area is 124 Å². The standard InChI is InChI=1S/C11H11N5O5S/c17-16(18)8-1-3-9(4-2-8)22(19,20)15-11-14-13-10(21-11)7-5-12-6-7/h1-4,7,12H,5-6H2,(H,14,15). The average Bonchev–Trinajstić information content (AvgIpc) is 2.84. The van der Waals surface area contributed by atoms with Crippen LogP contribution in [0.4, 0.5) is 11.7 Å². The second-order valence-electron chi connectivity index (χ2n) is 4.66. The van der Waals surface area contributed by atoms with E-state index in [9.17, 15) is 18.5 Å². The van der Waals surface area contributed by atoms with E-state index in [1.54, 1.807) is 0 Å². The molecular weight excluding hydrogens is 314 g/mol. The van der Waals surface area contributed by atoms with Crippen molar-refractivity contribution in [3.05, 3.63) is 40.3 Å². The van der Waals surface area contributed by atoms with Crippen LogP contribution < -0.4 is 10.0 Å². The maximum Gasteiger partial charge on any atom is 0.329 e. The fourth-order valence-electron chi connectivity index (χ4n) is 1.82. The molecule has 1 aliphatic rings. The van der Waals surface area contributed by atoms with E-state index in [4.69, 9.17) is 4.42 Å². The van der Waals surface area contributed by atoms with Crippen molar-refractivity contribution in [3.63, 3.8) is 0 Å². The summed E-state index contributed by atoms with van der Waals surface area (Å²) in [6, 6.07) is 4.24. The van der Waals surface area contributed by atoms with E-state index in [-0.39, 0.29) is 22.5 Å². The molecule has 0 radical (unpaired) electrons. The molecule has 1 aromatic carbocycles. The van der Waals surface area contributed by atoms with Crippen molar-refractivity contribution in [3.8, 4) is 0 Å². The number of rotatable bonds is 5. The molecule has 0 unspecified atom stereocenters. The van der Waals surface area contributed by atoms with Crippen LogP contribution in [0.25, 0.3) is 0 Å². The van der Waals surface area contributed by atoms with Crippen LogP contribution in [0.15, 0.2) is 33.6 Å². The molecule has 10 nitrogen and oxygen atoms in total. The van der Waals surface area contributed by atoms with E-state index in [2.05, 4.69) is 20.2 Å². The third-order valence-electron chi connectivity index (χ3n) is 3.15. The SMILES string of the molecule is O=[N+]([O-])c1ccc(S(=O)(=O)Nc2nnc(C3CNC3)o2)cc1. The van der Waals surface area contributed by atoms with Gasteiger partial charge in [0.2, 0.25) is 5.89 Å². The molecule has 0 amide bonds. The van der Waals surface area contributed by atoms with Crippen molar-refractivity contribution in [2.75, 3.05) is 17.8 Å². The molecule has 2 aromatic rings. The lowest BCUT2D eigenvalue weighted by molar-refractivity contribution is -0.384. The van der Waals surface area contributed by atoms with Crippen LogP contribution in [-0.4, -0.2) is 36.6 Å². The first-order valence-corrected chi connectivity index (χ1v) is 7.75. The van der Waals surface area contributed by atoms with Crippen molar-refractivity contribution >= 4 is 21.7 Å². The molecule has 1 aromatic heterocycles. The van der Waals surface area contributed by atoms with Gasteiger partial charge in [0.15, 0.2) is 0 Å². The van der Waals surface area contributed by atoms with Crippen LogP contribution in [0.2, 0.25) is 0 Å². The van der Waals surface area contributed by atoms with Crippen molar-refractivity contribution in [2.24, 2.45) is 0 Å². The van der Waals surface area contributed by atoms with Gasteiger partial charge in [-0.2, -0.15) is 0 Å². The molecule has 0 saturated carbocycles. The van der Waals surface area contributed by atoms with Crippen LogP contribution in [0, 0.1) is 10.1 Å². The van der Waals surface area contributed by atoms with Crippen molar-refractivity contribution in [2.45, 2.75) is 10.8 Å². The fraction of sp³-hybridized carbons (Fsp3) is 0.273. The van der Waals surface area contributed by atoms with E-state index >= 15 is 0 Å². The Balaban J connectivity index is 1.77. The molecule has 2 heterocycles. The molecule has 22 heavy (non-hydrogen) atoms. The van der Waals surface area contributed by atoms with Crippen molar-refractivity contribution < 1.29 is 17.8 Å². The van der Waals surface area contributed by atoms with Crippen LogP contribution in [-0.2, 0) is 10.0 Å². The van der Waals surface area contributed by atoms with Gasteiger partial charge in [-0.25, -0.2) is 13.1 Å². The first kappa shape index (κ1) is 14.4. The lowest BCUT2D eigenvalue weighted by Crippen LogP contribution is -2.40. The molecule has 1 saturated heterocycles. The van der Waals surface area contributed by atoms with E-state index in [1.807, 2.05) is 0 Å². The Morgan fingerprint density at radius 1 is 1.27 bits per heavy atom. The van der Waals surface area contributed by atoms with Gasteiger partial charge < -0.3 is 9.73 Å². The second-order valence-corrected chi connectivity index (χ2v) is 6.34. The fourth-order valence-corrected chi connectivity index (χ4v) is 2.75. The van der Waals surface area contributed by atoms with Crippen molar-refractivity contribution in [1.29, 1.82) is 0 Å². The summed E-state index contributed by atoms with van der Waals surface area (Å²) in [7, 11) is -3.94. The highest BCUT2D eigenvalue weighted by Gasteiger charge is 2.26. The van der Waals surface area contributed by atoms with Crippen LogP contribution in [0.1, 0.15) is 11.8 Å². The molecule has 3 rings (SSSR count). The molecular formula is C11H11N5O5S. The predicted molar refractivity (Wildman–Crippen MR) is 73.8 cm³/mol. The van der Waals surface area contributed by atoms with Gasteiger partial charge in [-0.1, -0.05) is 5.10 Å². The molecule has 0 atom stereocenters. The number of hydrogen-bond donors (Lipinski definition) is 2. The highest BCUT2D eigenvalue weighted by molar-refractivity contribution is 7.92. The Bertz CT molecular complexity index is 797. The molecule has 1 aliphatic heterocycles. The molecule has 0 spiro atoms. The minimum atomic E-state index is -3.94. The first-order valence-electron chi connectivity index (χ1n) is 6.27. The summed E-state index contributed by atoms with van der Waals surface area (Å²) in [6.45, 7) is 1.41.